The molecule has 1 N–H and O–H groups in total. The van der Waals surface area contributed by atoms with Gasteiger partial charge in [0.25, 0.3) is 0 Å². The molecule has 98 valence electrons. The summed E-state index contributed by atoms with van der Waals surface area (Å²) >= 11 is 1.67. The van der Waals surface area contributed by atoms with Crippen molar-refractivity contribution >= 4 is 27.4 Å². The van der Waals surface area contributed by atoms with Crippen LogP contribution in [0.2, 0.25) is 0 Å². The van der Waals surface area contributed by atoms with E-state index < -0.39 is 0 Å². The molecule has 0 radical (unpaired) electrons. The first kappa shape index (κ1) is 13.2. The second kappa shape index (κ2) is 6.08. The lowest BCUT2D eigenvalue weighted by Gasteiger charge is -2.18. The Morgan fingerprint density at radius 3 is 3.00 bits per heavy atom. The van der Waals surface area contributed by atoms with Gasteiger partial charge in [-0.3, -0.25) is 0 Å². The summed E-state index contributed by atoms with van der Waals surface area (Å²) in [5, 5.41) is 10.7. The Balaban J connectivity index is 2.10. The number of likely N-dealkylation sites (N-methyl/N-ethyl adjacent to an activating group) is 1. The molecule has 0 spiro atoms. The molecule has 0 unspecified atom stereocenters. The zero-order chi connectivity index (χ0) is 13.0. The van der Waals surface area contributed by atoms with Gasteiger partial charge in [0.05, 0.1) is 30.0 Å². The maximum absolute atomic E-state index is 8.64. The summed E-state index contributed by atoms with van der Waals surface area (Å²) in [5.74, 6) is 0.936. The number of rotatable bonds is 6. The van der Waals surface area contributed by atoms with Crippen molar-refractivity contribution in [1.29, 1.82) is 0 Å². The lowest BCUT2D eigenvalue weighted by Crippen LogP contribution is -2.24. The second-order valence-corrected chi connectivity index (χ2v) is 4.93. The number of thiophene rings is 1. The highest BCUT2D eigenvalue weighted by molar-refractivity contribution is 7.18. The molecule has 2 aromatic heterocycles. The van der Waals surface area contributed by atoms with E-state index in [-0.39, 0.29) is 6.61 Å². The van der Waals surface area contributed by atoms with Crippen molar-refractivity contribution in [3.05, 3.63) is 17.3 Å². The van der Waals surface area contributed by atoms with Crippen molar-refractivity contribution in [2.75, 3.05) is 38.3 Å². The van der Waals surface area contributed by atoms with E-state index in [4.69, 9.17) is 9.84 Å². The molecular weight excluding hydrogens is 250 g/mol. The van der Waals surface area contributed by atoms with E-state index in [0.29, 0.717) is 13.2 Å². The number of anilines is 1. The third kappa shape index (κ3) is 2.77. The predicted molar refractivity (Wildman–Crippen MR) is 73.3 cm³/mol. The van der Waals surface area contributed by atoms with Gasteiger partial charge in [-0.2, -0.15) is 0 Å². The summed E-state index contributed by atoms with van der Waals surface area (Å²) in [6, 6.07) is 0. The molecule has 0 aromatic carbocycles. The quantitative estimate of drug-likeness (QED) is 0.803. The van der Waals surface area contributed by atoms with Gasteiger partial charge in [0.2, 0.25) is 0 Å². The smallest absolute Gasteiger partial charge is 0.149 e. The third-order valence-electron chi connectivity index (χ3n) is 2.68. The molecule has 2 aromatic rings. The summed E-state index contributed by atoms with van der Waals surface area (Å²) in [7, 11) is 1.99. The van der Waals surface area contributed by atoms with E-state index >= 15 is 0 Å². The maximum Gasteiger partial charge on any atom is 0.149 e. The molecule has 0 aliphatic heterocycles. The molecule has 0 aliphatic rings. The molecule has 6 heteroatoms. The number of hydrogen-bond acceptors (Lipinski definition) is 6. The Morgan fingerprint density at radius 2 is 2.22 bits per heavy atom. The van der Waals surface area contributed by atoms with Crippen LogP contribution >= 0.6 is 11.3 Å². The fraction of sp³-hybridized carbons (Fsp3) is 0.500. The van der Waals surface area contributed by atoms with Gasteiger partial charge in [0, 0.05) is 13.6 Å². The SMILES string of the molecule is Cc1csc2c(N(C)CCOCCO)ncnc12. The molecule has 18 heavy (non-hydrogen) atoms. The Labute approximate surface area is 110 Å². The normalized spacial score (nSPS) is 11.1. The summed E-state index contributed by atoms with van der Waals surface area (Å²) < 4.78 is 6.37. The van der Waals surface area contributed by atoms with Crippen LogP contribution in [0.4, 0.5) is 5.82 Å². The van der Waals surface area contributed by atoms with Gasteiger partial charge in [-0.15, -0.1) is 11.3 Å². The van der Waals surface area contributed by atoms with Crippen molar-refractivity contribution in [2.24, 2.45) is 0 Å². The van der Waals surface area contributed by atoms with Crippen LogP contribution in [-0.2, 0) is 4.74 Å². The van der Waals surface area contributed by atoms with Gasteiger partial charge >= 0.3 is 0 Å². The molecule has 0 aliphatic carbocycles. The van der Waals surface area contributed by atoms with Crippen molar-refractivity contribution < 1.29 is 9.84 Å². The molecule has 0 bridgehead atoms. The molecule has 0 fully saturated rings. The van der Waals surface area contributed by atoms with Crippen LogP contribution in [0.25, 0.3) is 10.2 Å². The van der Waals surface area contributed by atoms with Gasteiger partial charge in [0.15, 0.2) is 0 Å². The molecular formula is C12H17N3O2S. The molecule has 5 nitrogen and oxygen atoms in total. The first-order chi connectivity index (χ1) is 8.74. The van der Waals surface area contributed by atoms with E-state index in [1.807, 2.05) is 7.05 Å². The molecule has 0 saturated carbocycles. The van der Waals surface area contributed by atoms with Crippen LogP contribution in [-0.4, -0.2) is 48.5 Å². The number of ether oxygens (including phenoxy) is 1. The topological polar surface area (TPSA) is 58.5 Å². The average Bonchev–Trinajstić information content (AvgIpc) is 2.76. The van der Waals surface area contributed by atoms with Gasteiger partial charge in [-0.05, 0) is 17.9 Å². The minimum Gasteiger partial charge on any atom is -0.394 e. The Bertz CT molecular complexity index is 515. The van der Waals surface area contributed by atoms with Crippen LogP contribution in [0.15, 0.2) is 11.7 Å². The van der Waals surface area contributed by atoms with E-state index in [0.717, 1.165) is 22.6 Å². The Kier molecular flexibility index (Phi) is 4.46. The average molecular weight is 267 g/mol. The molecule has 0 atom stereocenters. The fourth-order valence-corrected chi connectivity index (χ4v) is 2.75. The number of aliphatic hydroxyl groups excluding tert-OH is 1. The second-order valence-electron chi connectivity index (χ2n) is 4.05. The minimum atomic E-state index is 0.0611. The van der Waals surface area contributed by atoms with Crippen molar-refractivity contribution in [3.8, 4) is 0 Å². The number of aliphatic hydroxyl groups is 1. The van der Waals surface area contributed by atoms with E-state index in [1.165, 1.54) is 5.56 Å². The maximum atomic E-state index is 8.64. The van der Waals surface area contributed by atoms with Gasteiger partial charge < -0.3 is 14.7 Å². The van der Waals surface area contributed by atoms with Crippen molar-refractivity contribution in [2.45, 2.75) is 6.92 Å². The number of nitrogens with zero attached hydrogens (tertiary/aromatic N) is 3. The summed E-state index contributed by atoms with van der Waals surface area (Å²) in [6.07, 6.45) is 1.60. The number of aryl methyl sites for hydroxylation is 1. The van der Waals surface area contributed by atoms with Crippen LogP contribution < -0.4 is 4.90 Å². The molecule has 2 heterocycles. The van der Waals surface area contributed by atoms with Crippen molar-refractivity contribution in [3.63, 3.8) is 0 Å². The number of aromatic nitrogens is 2. The minimum absolute atomic E-state index is 0.0611. The van der Waals surface area contributed by atoms with Crippen LogP contribution in [0, 0.1) is 6.92 Å². The zero-order valence-corrected chi connectivity index (χ0v) is 11.4. The number of hydrogen-bond donors (Lipinski definition) is 1. The lowest BCUT2D eigenvalue weighted by atomic mass is 10.3. The van der Waals surface area contributed by atoms with Crippen LogP contribution in [0.5, 0.6) is 0 Å². The highest BCUT2D eigenvalue weighted by Gasteiger charge is 2.11. The Hall–Kier alpha value is -1.24. The Morgan fingerprint density at radius 1 is 1.39 bits per heavy atom. The monoisotopic (exact) mass is 267 g/mol. The van der Waals surface area contributed by atoms with Gasteiger partial charge in [0.1, 0.15) is 12.1 Å². The van der Waals surface area contributed by atoms with Crippen LogP contribution in [0.1, 0.15) is 5.56 Å². The first-order valence-electron chi connectivity index (χ1n) is 5.82. The molecule has 2 rings (SSSR count). The van der Waals surface area contributed by atoms with Gasteiger partial charge in [-0.1, -0.05) is 0 Å². The van der Waals surface area contributed by atoms with Gasteiger partial charge in [-0.25, -0.2) is 9.97 Å². The third-order valence-corrected chi connectivity index (χ3v) is 3.76. The van der Waals surface area contributed by atoms with Crippen molar-refractivity contribution in [1.82, 2.24) is 9.97 Å². The largest absolute Gasteiger partial charge is 0.394 e. The molecule has 0 saturated heterocycles. The lowest BCUT2D eigenvalue weighted by molar-refractivity contribution is 0.0971. The predicted octanol–water partition coefficient (Wildman–Crippen LogP) is 1.44. The summed E-state index contributed by atoms with van der Waals surface area (Å²) in [5.41, 5.74) is 2.21. The number of fused-ring (bicyclic) bond motifs is 1. The zero-order valence-electron chi connectivity index (χ0n) is 10.6. The fourth-order valence-electron chi connectivity index (χ4n) is 1.70. The van der Waals surface area contributed by atoms with E-state index in [9.17, 15) is 0 Å². The highest BCUT2D eigenvalue weighted by atomic mass is 32.1. The van der Waals surface area contributed by atoms with E-state index in [2.05, 4.69) is 27.2 Å². The highest BCUT2D eigenvalue weighted by Crippen LogP contribution is 2.29. The summed E-state index contributed by atoms with van der Waals surface area (Å²) in [4.78, 5) is 10.7. The first-order valence-corrected chi connectivity index (χ1v) is 6.70. The van der Waals surface area contributed by atoms with E-state index in [1.54, 1.807) is 17.7 Å². The standard InChI is InChI=1S/C12H17N3O2S/c1-9-7-18-11-10(9)13-8-14-12(11)15(2)3-5-17-6-4-16/h7-8,16H,3-6H2,1-2H3. The van der Waals surface area contributed by atoms with Crippen LogP contribution in [0.3, 0.4) is 0 Å². The molecule has 0 amide bonds. The summed E-state index contributed by atoms with van der Waals surface area (Å²) in [6.45, 7) is 3.81.